The van der Waals surface area contributed by atoms with Gasteiger partial charge in [-0.1, -0.05) is 23.8 Å². The summed E-state index contributed by atoms with van der Waals surface area (Å²) >= 11 is 0. The van der Waals surface area contributed by atoms with Gasteiger partial charge in [-0.2, -0.15) is 0 Å². The van der Waals surface area contributed by atoms with E-state index in [1.807, 2.05) is 49.4 Å². The molecule has 0 aliphatic heterocycles. The van der Waals surface area contributed by atoms with Crippen molar-refractivity contribution in [3.63, 3.8) is 0 Å². The Morgan fingerprint density at radius 3 is 2.57 bits per heavy atom. The third kappa shape index (κ3) is 4.68. The Morgan fingerprint density at radius 1 is 1.14 bits per heavy atom. The normalized spacial score (nSPS) is 11.9. The van der Waals surface area contributed by atoms with Crippen molar-refractivity contribution >= 4 is 5.91 Å². The average Bonchev–Trinajstić information content (AvgIpc) is 2.52. The number of aryl methyl sites for hydroxylation is 1. The molecule has 2 aromatic rings. The van der Waals surface area contributed by atoms with Gasteiger partial charge < -0.3 is 10.6 Å². The van der Waals surface area contributed by atoms with Crippen molar-refractivity contribution in [3.8, 4) is 0 Å². The van der Waals surface area contributed by atoms with Crippen LogP contribution in [0.1, 0.15) is 34.6 Å². The van der Waals surface area contributed by atoms with E-state index in [2.05, 4.69) is 22.5 Å². The molecule has 2 N–H and O–H groups in total. The summed E-state index contributed by atoms with van der Waals surface area (Å²) < 4.78 is 0. The number of carbonyl (C=O) groups excluding carboxylic acids is 1. The van der Waals surface area contributed by atoms with Crippen LogP contribution in [0.2, 0.25) is 0 Å². The first-order valence-corrected chi connectivity index (χ1v) is 7.16. The van der Waals surface area contributed by atoms with E-state index >= 15 is 0 Å². The van der Waals surface area contributed by atoms with Crippen LogP contribution in [0.3, 0.4) is 0 Å². The van der Waals surface area contributed by atoms with Gasteiger partial charge in [0, 0.05) is 30.9 Å². The average molecular weight is 283 g/mol. The number of aromatic nitrogens is 1. The van der Waals surface area contributed by atoms with E-state index in [9.17, 15) is 4.79 Å². The SMILES string of the molecule is Cc1ccc(C(=O)NCCNC(C)c2ccccn2)cc1. The fraction of sp³-hybridized carbons (Fsp3) is 0.294. The molecule has 0 saturated heterocycles. The molecule has 0 bridgehead atoms. The Labute approximate surface area is 125 Å². The Bertz CT molecular complexity index is 566. The second kappa shape index (κ2) is 7.55. The van der Waals surface area contributed by atoms with Crippen LogP contribution < -0.4 is 10.6 Å². The Kier molecular flexibility index (Phi) is 5.46. The number of benzene rings is 1. The summed E-state index contributed by atoms with van der Waals surface area (Å²) in [4.78, 5) is 16.2. The summed E-state index contributed by atoms with van der Waals surface area (Å²) in [5, 5.41) is 6.24. The van der Waals surface area contributed by atoms with E-state index in [4.69, 9.17) is 0 Å². The van der Waals surface area contributed by atoms with E-state index in [1.165, 1.54) is 0 Å². The van der Waals surface area contributed by atoms with Gasteiger partial charge in [0.25, 0.3) is 5.91 Å². The van der Waals surface area contributed by atoms with E-state index in [0.717, 1.165) is 11.3 Å². The highest BCUT2D eigenvalue weighted by atomic mass is 16.1. The fourth-order valence-electron chi connectivity index (χ4n) is 2.01. The summed E-state index contributed by atoms with van der Waals surface area (Å²) in [5.74, 6) is -0.0395. The van der Waals surface area contributed by atoms with Gasteiger partial charge in [-0.25, -0.2) is 0 Å². The zero-order valence-corrected chi connectivity index (χ0v) is 12.5. The van der Waals surface area contributed by atoms with Crippen molar-refractivity contribution in [2.24, 2.45) is 0 Å². The molecule has 1 atom stereocenters. The number of carbonyl (C=O) groups is 1. The van der Waals surface area contributed by atoms with Crippen LogP contribution in [-0.4, -0.2) is 24.0 Å². The first kappa shape index (κ1) is 15.2. The third-order valence-corrected chi connectivity index (χ3v) is 3.31. The molecular formula is C17H21N3O. The molecular weight excluding hydrogens is 262 g/mol. The number of nitrogens with zero attached hydrogens (tertiary/aromatic N) is 1. The highest BCUT2D eigenvalue weighted by Crippen LogP contribution is 2.06. The third-order valence-electron chi connectivity index (χ3n) is 3.31. The molecule has 2 rings (SSSR count). The lowest BCUT2D eigenvalue weighted by Gasteiger charge is -2.13. The summed E-state index contributed by atoms with van der Waals surface area (Å²) in [7, 11) is 0. The van der Waals surface area contributed by atoms with Gasteiger partial charge in [-0.3, -0.25) is 9.78 Å². The van der Waals surface area contributed by atoms with Crippen molar-refractivity contribution in [2.45, 2.75) is 19.9 Å². The number of hydrogen-bond donors (Lipinski definition) is 2. The topological polar surface area (TPSA) is 54.0 Å². The number of pyridine rings is 1. The van der Waals surface area contributed by atoms with Gasteiger partial charge in [0.1, 0.15) is 0 Å². The Balaban J connectivity index is 1.72. The fourth-order valence-corrected chi connectivity index (χ4v) is 2.01. The second-order valence-electron chi connectivity index (χ2n) is 5.05. The molecule has 110 valence electrons. The lowest BCUT2D eigenvalue weighted by atomic mass is 10.1. The molecule has 21 heavy (non-hydrogen) atoms. The zero-order valence-electron chi connectivity index (χ0n) is 12.5. The van der Waals surface area contributed by atoms with Crippen molar-refractivity contribution in [2.75, 3.05) is 13.1 Å². The van der Waals surface area contributed by atoms with E-state index in [1.54, 1.807) is 6.20 Å². The molecule has 1 unspecified atom stereocenters. The van der Waals surface area contributed by atoms with Crippen LogP contribution in [-0.2, 0) is 0 Å². The van der Waals surface area contributed by atoms with Crippen LogP contribution >= 0.6 is 0 Å². The van der Waals surface area contributed by atoms with Gasteiger partial charge in [0.2, 0.25) is 0 Å². The molecule has 0 radical (unpaired) electrons. The van der Waals surface area contributed by atoms with Crippen molar-refractivity contribution in [3.05, 3.63) is 65.5 Å². The smallest absolute Gasteiger partial charge is 0.251 e. The van der Waals surface area contributed by atoms with Crippen LogP contribution in [0.5, 0.6) is 0 Å². The lowest BCUT2D eigenvalue weighted by molar-refractivity contribution is 0.0953. The van der Waals surface area contributed by atoms with Crippen molar-refractivity contribution < 1.29 is 4.79 Å². The monoisotopic (exact) mass is 283 g/mol. The van der Waals surface area contributed by atoms with Gasteiger partial charge >= 0.3 is 0 Å². The molecule has 1 amide bonds. The van der Waals surface area contributed by atoms with Crippen LogP contribution in [0.4, 0.5) is 0 Å². The number of amides is 1. The van der Waals surface area contributed by atoms with E-state index < -0.39 is 0 Å². The number of nitrogens with one attached hydrogen (secondary N) is 2. The first-order valence-electron chi connectivity index (χ1n) is 7.16. The molecule has 0 saturated carbocycles. The van der Waals surface area contributed by atoms with Crippen molar-refractivity contribution in [1.29, 1.82) is 0 Å². The Hall–Kier alpha value is -2.20. The lowest BCUT2D eigenvalue weighted by Crippen LogP contribution is -2.33. The summed E-state index contributed by atoms with van der Waals surface area (Å²) in [6.07, 6.45) is 1.78. The van der Waals surface area contributed by atoms with Gasteiger partial charge in [0.05, 0.1) is 5.69 Å². The molecule has 1 aromatic carbocycles. The standard InChI is InChI=1S/C17H21N3O/c1-13-6-8-15(9-7-13)17(21)20-12-11-18-14(2)16-5-3-4-10-19-16/h3-10,14,18H,11-12H2,1-2H3,(H,20,21). The Morgan fingerprint density at radius 2 is 1.90 bits per heavy atom. The zero-order chi connectivity index (χ0) is 15.1. The highest BCUT2D eigenvalue weighted by Gasteiger charge is 2.06. The quantitative estimate of drug-likeness (QED) is 0.801. The molecule has 0 aliphatic carbocycles. The maximum atomic E-state index is 11.9. The number of hydrogen-bond acceptors (Lipinski definition) is 3. The molecule has 4 nitrogen and oxygen atoms in total. The predicted octanol–water partition coefficient (Wildman–Crippen LogP) is 2.47. The molecule has 1 heterocycles. The largest absolute Gasteiger partial charge is 0.351 e. The number of rotatable bonds is 6. The molecule has 0 fully saturated rings. The van der Waals surface area contributed by atoms with E-state index in [0.29, 0.717) is 18.7 Å². The highest BCUT2D eigenvalue weighted by molar-refractivity contribution is 5.94. The maximum Gasteiger partial charge on any atom is 0.251 e. The van der Waals surface area contributed by atoms with Gasteiger partial charge in [0.15, 0.2) is 0 Å². The van der Waals surface area contributed by atoms with Crippen LogP contribution in [0, 0.1) is 6.92 Å². The minimum atomic E-state index is -0.0395. The predicted molar refractivity (Wildman–Crippen MR) is 84.2 cm³/mol. The van der Waals surface area contributed by atoms with Crippen molar-refractivity contribution in [1.82, 2.24) is 15.6 Å². The molecule has 0 aliphatic rings. The van der Waals surface area contributed by atoms with Gasteiger partial charge in [-0.05, 0) is 38.1 Å². The summed E-state index contributed by atoms with van der Waals surface area (Å²) in [5.41, 5.74) is 2.85. The minimum absolute atomic E-state index is 0.0395. The first-order chi connectivity index (χ1) is 10.2. The van der Waals surface area contributed by atoms with E-state index in [-0.39, 0.29) is 11.9 Å². The van der Waals surface area contributed by atoms with Crippen LogP contribution in [0.25, 0.3) is 0 Å². The summed E-state index contributed by atoms with van der Waals surface area (Å²) in [6.45, 7) is 5.36. The molecule has 4 heteroatoms. The molecule has 0 spiro atoms. The summed E-state index contributed by atoms with van der Waals surface area (Å²) in [6, 6.07) is 13.6. The van der Waals surface area contributed by atoms with Gasteiger partial charge in [-0.15, -0.1) is 0 Å². The molecule has 1 aromatic heterocycles. The van der Waals surface area contributed by atoms with Crippen LogP contribution in [0.15, 0.2) is 48.7 Å². The minimum Gasteiger partial charge on any atom is -0.351 e. The second-order valence-corrected chi connectivity index (χ2v) is 5.05. The maximum absolute atomic E-state index is 11.9.